The lowest BCUT2D eigenvalue weighted by Gasteiger charge is -2.44. The van der Waals surface area contributed by atoms with Gasteiger partial charge in [0, 0.05) is 44.8 Å². The Morgan fingerprint density at radius 1 is 0.756 bits per heavy atom. The summed E-state index contributed by atoms with van der Waals surface area (Å²) >= 11 is 1.34. The van der Waals surface area contributed by atoms with E-state index in [-0.39, 0.29) is 6.61 Å². The number of hydrogen-bond donors (Lipinski definition) is 0. The minimum atomic E-state index is -1.14. The Balaban J connectivity index is 1.82. The van der Waals surface area contributed by atoms with Crippen molar-refractivity contribution in [3.8, 4) is 0 Å². The highest BCUT2D eigenvalue weighted by Crippen LogP contribution is 2.46. The molecule has 0 unspecified atom stereocenters. The van der Waals surface area contributed by atoms with Gasteiger partial charge in [-0.15, -0.1) is 11.8 Å². The zero-order chi connectivity index (χ0) is 29.7. The smallest absolute Gasteiger partial charge is 0.303 e. The molecule has 2 heterocycles. The fourth-order valence-electron chi connectivity index (χ4n) is 5.17. The standard InChI is InChI=1S/C31H35NO8S/c1-6-22-11-13-23(14-12-22)15-24-16-32(26-10-8-7-9-25(24)26)31-30(40-21(5)36)29(39-20(4)35)28(38-19(3)34)27(41-31)17-37-18(2)33/h7-14,16,27-31H,6,15,17H2,1-5H3/t27-,28-,29+,30-,31-/m1/s1. The van der Waals surface area contributed by atoms with Crippen molar-refractivity contribution in [2.24, 2.45) is 0 Å². The normalized spacial score (nSPS) is 22.1. The van der Waals surface area contributed by atoms with Crippen LogP contribution in [0.3, 0.4) is 0 Å². The molecule has 5 atom stereocenters. The largest absolute Gasteiger partial charge is 0.465 e. The monoisotopic (exact) mass is 581 g/mol. The van der Waals surface area contributed by atoms with Crippen molar-refractivity contribution >= 4 is 46.5 Å². The molecule has 0 amide bonds. The highest BCUT2D eigenvalue weighted by molar-refractivity contribution is 8.00. The lowest BCUT2D eigenvalue weighted by Crippen LogP contribution is -2.57. The van der Waals surface area contributed by atoms with E-state index in [0.717, 1.165) is 28.5 Å². The molecule has 0 radical (unpaired) electrons. The summed E-state index contributed by atoms with van der Waals surface area (Å²) in [6.07, 6.45) is 0.479. The van der Waals surface area contributed by atoms with Crippen LogP contribution in [0.5, 0.6) is 0 Å². The van der Waals surface area contributed by atoms with Gasteiger partial charge in [0.15, 0.2) is 18.3 Å². The first-order valence-corrected chi connectivity index (χ1v) is 14.5. The minimum Gasteiger partial charge on any atom is -0.465 e. The van der Waals surface area contributed by atoms with Gasteiger partial charge in [0.2, 0.25) is 0 Å². The predicted molar refractivity (Wildman–Crippen MR) is 154 cm³/mol. The Labute approximate surface area is 243 Å². The van der Waals surface area contributed by atoms with E-state index >= 15 is 0 Å². The number of ether oxygens (including phenoxy) is 4. The molecule has 2 aromatic carbocycles. The molecule has 218 valence electrons. The van der Waals surface area contributed by atoms with Gasteiger partial charge in [-0.1, -0.05) is 49.4 Å². The Morgan fingerprint density at radius 2 is 1.34 bits per heavy atom. The van der Waals surface area contributed by atoms with Crippen LogP contribution < -0.4 is 0 Å². The Hall–Kier alpha value is -3.79. The molecular weight excluding hydrogens is 546 g/mol. The Kier molecular flexibility index (Phi) is 9.75. The van der Waals surface area contributed by atoms with Gasteiger partial charge in [0.25, 0.3) is 0 Å². The molecular formula is C31H35NO8S. The maximum Gasteiger partial charge on any atom is 0.303 e. The second-order valence-corrected chi connectivity index (χ2v) is 11.4. The number of fused-ring (bicyclic) bond motifs is 1. The maximum absolute atomic E-state index is 12.3. The summed E-state index contributed by atoms with van der Waals surface area (Å²) < 4.78 is 24.4. The van der Waals surface area contributed by atoms with E-state index in [2.05, 4.69) is 31.2 Å². The molecule has 3 aromatic rings. The second kappa shape index (κ2) is 13.2. The number of aromatic nitrogens is 1. The molecule has 1 aliphatic rings. The number of rotatable bonds is 9. The molecule has 1 aromatic heterocycles. The zero-order valence-electron chi connectivity index (χ0n) is 23.8. The SMILES string of the molecule is CCc1ccc(Cc2cn([C@@H]3S[C@H](COC(C)=O)[C@@H](OC(C)=O)[C@H](OC(C)=O)[C@H]3OC(C)=O)c3ccccc23)cc1. The third-order valence-corrected chi connectivity index (χ3v) is 8.42. The van der Waals surface area contributed by atoms with Crippen molar-refractivity contribution in [1.29, 1.82) is 0 Å². The van der Waals surface area contributed by atoms with Crippen LogP contribution in [0.25, 0.3) is 10.9 Å². The number of carbonyl (C=O) groups is 4. The van der Waals surface area contributed by atoms with Crippen molar-refractivity contribution in [1.82, 2.24) is 4.57 Å². The van der Waals surface area contributed by atoms with Gasteiger partial charge < -0.3 is 23.5 Å². The van der Waals surface area contributed by atoms with Crippen molar-refractivity contribution in [3.63, 3.8) is 0 Å². The highest BCUT2D eigenvalue weighted by atomic mass is 32.2. The molecule has 10 heteroatoms. The second-order valence-electron chi connectivity index (χ2n) is 10.0. The van der Waals surface area contributed by atoms with E-state index in [1.54, 1.807) is 0 Å². The van der Waals surface area contributed by atoms with Crippen LogP contribution >= 0.6 is 11.8 Å². The zero-order valence-corrected chi connectivity index (χ0v) is 24.6. The van der Waals surface area contributed by atoms with Crippen LogP contribution in [0.4, 0.5) is 0 Å². The number of carbonyl (C=O) groups excluding carboxylic acids is 4. The molecule has 9 nitrogen and oxygen atoms in total. The highest BCUT2D eigenvalue weighted by Gasteiger charge is 2.52. The van der Waals surface area contributed by atoms with E-state index in [0.29, 0.717) is 6.42 Å². The number of hydrogen-bond acceptors (Lipinski definition) is 9. The average Bonchev–Trinajstić information content (AvgIpc) is 3.27. The fourth-order valence-corrected chi connectivity index (χ4v) is 6.71. The molecule has 0 saturated carbocycles. The first-order chi connectivity index (χ1) is 19.6. The summed E-state index contributed by atoms with van der Waals surface area (Å²) in [5, 5.41) is -0.191. The summed E-state index contributed by atoms with van der Waals surface area (Å²) in [6.45, 7) is 7.06. The van der Waals surface area contributed by atoms with E-state index < -0.39 is 52.8 Å². The maximum atomic E-state index is 12.3. The van der Waals surface area contributed by atoms with Gasteiger partial charge in [-0.25, -0.2) is 0 Å². The van der Waals surface area contributed by atoms with Gasteiger partial charge in [0.1, 0.15) is 12.0 Å². The molecule has 0 aliphatic carbocycles. The van der Waals surface area contributed by atoms with Crippen LogP contribution in [0.15, 0.2) is 54.7 Å². The Bertz CT molecular complexity index is 1420. The number of thioether (sulfide) groups is 1. The van der Waals surface area contributed by atoms with Crippen LogP contribution in [-0.4, -0.2) is 58.6 Å². The fraction of sp³-hybridized carbons (Fsp3) is 0.419. The summed E-state index contributed by atoms with van der Waals surface area (Å²) in [5.41, 5.74) is 4.37. The molecule has 0 bridgehead atoms. The number of aryl methyl sites for hydroxylation is 1. The van der Waals surface area contributed by atoms with Gasteiger partial charge in [0.05, 0.1) is 5.25 Å². The van der Waals surface area contributed by atoms with Crippen molar-refractivity contribution in [3.05, 3.63) is 71.4 Å². The molecule has 1 saturated heterocycles. The summed E-state index contributed by atoms with van der Waals surface area (Å²) in [7, 11) is 0. The number of benzene rings is 2. The third kappa shape index (κ3) is 7.30. The molecule has 1 fully saturated rings. The van der Waals surface area contributed by atoms with E-state index in [4.69, 9.17) is 18.9 Å². The van der Waals surface area contributed by atoms with Crippen LogP contribution in [0.1, 0.15) is 56.7 Å². The quantitative estimate of drug-likeness (QED) is 0.261. The summed E-state index contributed by atoms with van der Waals surface area (Å²) in [6, 6.07) is 16.4. The van der Waals surface area contributed by atoms with Gasteiger partial charge in [-0.05, 0) is 35.6 Å². The third-order valence-electron chi connectivity index (χ3n) is 6.89. The van der Waals surface area contributed by atoms with Gasteiger partial charge >= 0.3 is 23.9 Å². The predicted octanol–water partition coefficient (Wildman–Crippen LogP) is 4.77. The lowest BCUT2D eigenvalue weighted by atomic mass is 10.0. The summed E-state index contributed by atoms with van der Waals surface area (Å²) in [4.78, 5) is 48.4. The van der Waals surface area contributed by atoms with Crippen LogP contribution in [0.2, 0.25) is 0 Å². The molecule has 0 spiro atoms. The molecule has 41 heavy (non-hydrogen) atoms. The molecule has 4 rings (SSSR count). The first-order valence-electron chi connectivity index (χ1n) is 13.5. The van der Waals surface area contributed by atoms with Crippen molar-refractivity contribution in [2.45, 2.75) is 76.4 Å². The number of nitrogens with zero attached hydrogens (tertiary/aromatic N) is 1. The van der Waals surface area contributed by atoms with Crippen LogP contribution in [-0.2, 0) is 51.0 Å². The summed E-state index contributed by atoms with van der Waals surface area (Å²) in [5.74, 6) is -2.32. The Morgan fingerprint density at radius 3 is 1.95 bits per heavy atom. The number of para-hydroxylation sites is 1. The minimum absolute atomic E-state index is 0.102. The van der Waals surface area contributed by atoms with Gasteiger partial charge in [-0.3, -0.25) is 19.2 Å². The van der Waals surface area contributed by atoms with E-state index in [9.17, 15) is 19.2 Å². The molecule has 0 N–H and O–H groups in total. The average molecular weight is 582 g/mol. The molecule has 1 aliphatic heterocycles. The lowest BCUT2D eigenvalue weighted by molar-refractivity contribution is -0.187. The van der Waals surface area contributed by atoms with Crippen molar-refractivity contribution in [2.75, 3.05) is 6.61 Å². The van der Waals surface area contributed by atoms with Crippen LogP contribution in [0, 0.1) is 0 Å². The number of esters is 4. The first kappa shape index (κ1) is 30.2. The van der Waals surface area contributed by atoms with E-state index in [1.807, 2.05) is 35.0 Å². The topological polar surface area (TPSA) is 110 Å². The van der Waals surface area contributed by atoms with Crippen molar-refractivity contribution < 1.29 is 38.1 Å². The van der Waals surface area contributed by atoms with E-state index in [1.165, 1.54) is 45.0 Å². The van der Waals surface area contributed by atoms with Gasteiger partial charge in [-0.2, -0.15) is 0 Å².